The van der Waals surface area contributed by atoms with Crippen molar-refractivity contribution in [2.75, 3.05) is 5.32 Å². The monoisotopic (exact) mass is 442 g/mol. The number of fused-ring (bicyclic) bond motifs is 1. The lowest BCUT2D eigenvalue weighted by Gasteiger charge is -2.24. The number of amides is 1. The first-order chi connectivity index (χ1) is 14.4. The van der Waals surface area contributed by atoms with Gasteiger partial charge in [-0.25, -0.2) is 4.98 Å². The van der Waals surface area contributed by atoms with Crippen molar-refractivity contribution in [2.24, 2.45) is 0 Å². The number of carbonyl (C=O) groups is 1. The van der Waals surface area contributed by atoms with Gasteiger partial charge in [-0.15, -0.1) is 0 Å². The van der Waals surface area contributed by atoms with Crippen LogP contribution in [0.3, 0.4) is 0 Å². The number of non-ortho nitro benzene ring substituents is 1. The van der Waals surface area contributed by atoms with Crippen molar-refractivity contribution in [1.29, 1.82) is 0 Å². The number of carbonyl (C=O) groups excluding carboxylic acids is 1. The Labute approximate surface area is 179 Å². The molecular weight excluding hydrogens is 428 g/mol. The first-order valence-electron chi connectivity index (χ1n) is 8.96. The predicted molar refractivity (Wildman–Crippen MR) is 114 cm³/mol. The van der Waals surface area contributed by atoms with Crippen LogP contribution in [0.15, 0.2) is 58.5 Å². The van der Waals surface area contributed by atoms with Gasteiger partial charge in [0.1, 0.15) is 5.82 Å². The molecule has 2 aromatic carbocycles. The summed E-state index contributed by atoms with van der Waals surface area (Å²) >= 11 is 7.21. The van der Waals surface area contributed by atoms with Crippen molar-refractivity contribution >= 4 is 40.8 Å². The summed E-state index contributed by atoms with van der Waals surface area (Å²) < 4.78 is 0. The molecule has 152 valence electrons. The molecule has 10 heteroatoms. The molecule has 2 heterocycles. The number of benzene rings is 2. The van der Waals surface area contributed by atoms with Gasteiger partial charge in [0.15, 0.2) is 5.16 Å². The molecule has 0 spiro atoms. The maximum Gasteiger partial charge on any atom is 0.269 e. The van der Waals surface area contributed by atoms with Gasteiger partial charge in [0, 0.05) is 35.2 Å². The number of anilines is 1. The summed E-state index contributed by atoms with van der Waals surface area (Å²) in [7, 11) is 0. The number of nitro groups is 1. The van der Waals surface area contributed by atoms with Gasteiger partial charge in [-0.3, -0.25) is 19.7 Å². The van der Waals surface area contributed by atoms with E-state index in [1.165, 1.54) is 30.0 Å². The Balaban J connectivity index is 1.66. The quantitative estimate of drug-likeness (QED) is 0.266. The molecule has 1 atom stereocenters. The third-order valence-electron chi connectivity index (χ3n) is 4.70. The Kier molecular flexibility index (Phi) is 5.56. The summed E-state index contributed by atoms with van der Waals surface area (Å²) in [4.78, 5) is 42.8. The number of aromatic nitrogens is 2. The fraction of sp³-hybridized carbons (Fsp3) is 0.150. The largest absolute Gasteiger partial charge is 0.310 e. The van der Waals surface area contributed by atoms with Gasteiger partial charge >= 0.3 is 0 Å². The first kappa shape index (κ1) is 20.1. The van der Waals surface area contributed by atoms with E-state index in [9.17, 15) is 19.7 Å². The zero-order valence-electron chi connectivity index (χ0n) is 15.4. The van der Waals surface area contributed by atoms with Crippen LogP contribution in [-0.2, 0) is 10.5 Å². The van der Waals surface area contributed by atoms with Crippen LogP contribution < -0.4 is 10.9 Å². The first-order valence-corrected chi connectivity index (χ1v) is 10.3. The minimum atomic E-state index is -0.611. The molecule has 1 aliphatic heterocycles. The number of hydrogen-bond donors (Lipinski definition) is 2. The highest BCUT2D eigenvalue weighted by Gasteiger charge is 2.31. The second kappa shape index (κ2) is 8.29. The number of halogens is 1. The molecular formula is C20H15ClN4O4S. The minimum absolute atomic E-state index is 0.0101. The van der Waals surface area contributed by atoms with E-state index in [4.69, 9.17) is 11.6 Å². The van der Waals surface area contributed by atoms with Gasteiger partial charge in [0.2, 0.25) is 5.91 Å². The number of H-pyrrole nitrogens is 1. The lowest BCUT2D eigenvalue weighted by atomic mass is 9.86. The van der Waals surface area contributed by atoms with Crippen LogP contribution in [-0.4, -0.2) is 20.8 Å². The average molecular weight is 443 g/mol. The normalized spacial score (nSPS) is 15.4. The Morgan fingerprint density at radius 1 is 1.20 bits per heavy atom. The number of rotatable bonds is 5. The number of hydrogen-bond acceptors (Lipinski definition) is 6. The third kappa shape index (κ3) is 4.22. The average Bonchev–Trinajstić information content (AvgIpc) is 2.72. The predicted octanol–water partition coefficient (Wildman–Crippen LogP) is 4.10. The molecule has 0 radical (unpaired) electrons. The van der Waals surface area contributed by atoms with Crippen molar-refractivity contribution < 1.29 is 9.72 Å². The van der Waals surface area contributed by atoms with Crippen molar-refractivity contribution in [3.63, 3.8) is 0 Å². The van der Waals surface area contributed by atoms with Crippen LogP contribution in [0.4, 0.5) is 11.5 Å². The van der Waals surface area contributed by atoms with Crippen molar-refractivity contribution in [3.8, 4) is 0 Å². The van der Waals surface area contributed by atoms with Gasteiger partial charge in [-0.05, 0) is 23.3 Å². The second-order valence-electron chi connectivity index (χ2n) is 6.71. The van der Waals surface area contributed by atoms with E-state index in [2.05, 4.69) is 15.3 Å². The molecule has 1 aromatic heterocycles. The van der Waals surface area contributed by atoms with Gasteiger partial charge in [0.25, 0.3) is 11.2 Å². The summed E-state index contributed by atoms with van der Waals surface area (Å²) in [6.07, 6.45) is 0.0101. The Morgan fingerprint density at radius 2 is 1.97 bits per heavy atom. The molecule has 1 amide bonds. The maximum atomic E-state index is 12.8. The number of nitrogens with one attached hydrogen (secondary N) is 2. The molecule has 4 rings (SSSR count). The summed E-state index contributed by atoms with van der Waals surface area (Å²) in [6, 6.07) is 13.3. The lowest BCUT2D eigenvalue weighted by molar-refractivity contribution is -0.384. The van der Waals surface area contributed by atoms with E-state index >= 15 is 0 Å². The topological polar surface area (TPSA) is 118 Å². The van der Waals surface area contributed by atoms with Crippen LogP contribution >= 0.6 is 23.4 Å². The summed E-state index contributed by atoms with van der Waals surface area (Å²) in [5.74, 6) is -0.169. The minimum Gasteiger partial charge on any atom is -0.310 e. The Hall–Kier alpha value is -3.17. The third-order valence-corrected chi connectivity index (χ3v) is 5.90. The Bertz CT molecular complexity index is 1200. The highest BCUT2D eigenvalue weighted by Crippen LogP contribution is 2.35. The van der Waals surface area contributed by atoms with E-state index in [1.54, 1.807) is 18.2 Å². The molecule has 3 aromatic rings. The van der Waals surface area contributed by atoms with Crippen LogP contribution in [0.5, 0.6) is 0 Å². The highest BCUT2D eigenvalue weighted by atomic mass is 35.5. The number of nitrogens with zero attached hydrogens (tertiary/aromatic N) is 2. The van der Waals surface area contributed by atoms with Gasteiger partial charge in [0.05, 0.1) is 10.5 Å². The molecule has 0 bridgehead atoms. The van der Waals surface area contributed by atoms with Crippen molar-refractivity contribution in [1.82, 2.24) is 9.97 Å². The van der Waals surface area contributed by atoms with E-state index in [-0.39, 0.29) is 29.4 Å². The van der Waals surface area contributed by atoms with Crippen LogP contribution in [0.25, 0.3) is 0 Å². The van der Waals surface area contributed by atoms with Gasteiger partial charge in [-0.1, -0.05) is 47.6 Å². The summed E-state index contributed by atoms with van der Waals surface area (Å²) in [6.45, 7) is 0. The van der Waals surface area contributed by atoms with E-state index in [0.29, 0.717) is 27.1 Å². The zero-order valence-corrected chi connectivity index (χ0v) is 17.0. The summed E-state index contributed by atoms with van der Waals surface area (Å²) in [5, 5.41) is 14.8. The molecule has 0 aliphatic carbocycles. The van der Waals surface area contributed by atoms with Crippen LogP contribution in [0.2, 0.25) is 5.02 Å². The lowest BCUT2D eigenvalue weighted by Crippen LogP contribution is -2.31. The fourth-order valence-corrected chi connectivity index (χ4v) is 4.23. The second-order valence-corrected chi connectivity index (χ2v) is 8.11. The van der Waals surface area contributed by atoms with E-state index in [1.807, 2.05) is 12.1 Å². The number of nitro benzene ring substituents is 1. The summed E-state index contributed by atoms with van der Waals surface area (Å²) in [5.41, 5.74) is 1.35. The SMILES string of the molecule is O=C1CC(c2cccc([N+](=O)[O-])c2)c2c(nc(SCc3ccc(Cl)cc3)[nH]c2=O)N1. The number of thioether (sulfide) groups is 1. The fourth-order valence-electron chi connectivity index (χ4n) is 3.29. The van der Waals surface area contributed by atoms with E-state index < -0.39 is 10.8 Å². The molecule has 1 unspecified atom stereocenters. The van der Waals surface area contributed by atoms with Gasteiger partial charge < -0.3 is 10.3 Å². The highest BCUT2D eigenvalue weighted by molar-refractivity contribution is 7.98. The molecule has 1 aliphatic rings. The smallest absolute Gasteiger partial charge is 0.269 e. The molecule has 8 nitrogen and oxygen atoms in total. The standard InChI is InChI=1S/C20H15ClN4O4S/c21-13-6-4-11(5-7-13)10-30-20-23-18-17(19(27)24-20)15(9-16(26)22-18)12-2-1-3-14(8-12)25(28)29/h1-8,15H,9-10H2,(H2,22,23,24,26,27). The van der Waals surface area contributed by atoms with Crippen LogP contribution in [0, 0.1) is 10.1 Å². The molecule has 0 saturated carbocycles. The number of aromatic amines is 1. The van der Waals surface area contributed by atoms with E-state index in [0.717, 1.165) is 5.56 Å². The molecule has 2 N–H and O–H groups in total. The van der Waals surface area contributed by atoms with Crippen molar-refractivity contribution in [2.45, 2.75) is 23.2 Å². The van der Waals surface area contributed by atoms with Crippen molar-refractivity contribution in [3.05, 3.63) is 90.7 Å². The maximum absolute atomic E-state index is 12.8. The van der Waals surface area contributed by atoms with Gasteiger partial charge in [-0.2, -0.15) is 0 Å². The molecule has 0 saturated heterocycles. The molecule has 0 fully saturated rings. The van der Waals surface area contributed by atoms with Crippen LogP contribution in [0.1, 0.15) is 29.0 Å². The Morgan fingerprint density at radius 3 is 2.70 bits per heavy atom. The molecule has 30 heavy (non-hydrogen) atoms. The zero-order chi connectivity index (χ0) is 21.3.